The first kappa shape index (κ1) is 12.2. The number of carbonyl (C=O) groups excluding carboxylic acids is 1. The van der Waals surface area contributed by atoms with Crippen LogP contribution in [0.3, 0.4) is 0 Å². The van der Waals surface area contributed by atoms with Crippen LogP contribution in [0.15, 0.2) is 40.9 Å². The van der Waals surface area contributed by atoms with Crippen molar-refractivity contribution in [2.45, 2.75) is 19.9 Å². The van der Waals surface area contributed by atoms with Crippen molar-refractivity contribution < 1.29 is 9.21 Å². The van der Waals surface area contributed by atoms with E-state index >= 15 is 0 Å². The van der Waals surface area contributed by atoms with Gasteiger partial charge in [0.25, 0.3) is 11.9 Å². The second-order valence-electron chi connectivity index (χ2n) is 4.15. The lowest BCUT2D eigenvalue weighted by atomic mass is 10.3. The third-order valence-corrected chi connectivity index (χ3v) is 2.17. The largest absolute Gasteiger partial charge is 0.418 e. The smallest absolute Gasteiger partial charge is 0.295 e. The van der Waals surface area contributed by atoms with Gasteiger partial charge >= 0.3 is 0 Å². The molecule has 0 bridgehead atoms. The van der Waals surface area contributed by atoms with Gasteiger partial charge < -0.3 is 15.1 Å². The first-order valence-corrected chi connectivity index (χ1v) is 5.74. The highest BCUT2D eigenvalue weighted by Gasteiger charge is 2.12. The molecule has 0 aliphatic carbocycles. The van der Waals surface area contributed by atoms with Crippen LogP contribution in [0.5, 0.6) is 0 Å². The molecule has 0 spiro atoms. The summed E-state index contributed by atoms with van der Waals surface area (Å²) >= 11 is 0. The van der Waals surface area contributed by atoms with Gasteiger partial charge in [-0.15, -0.1) is 0 Å². The topological polar surface area (TPSA) is 67.2 Å². The number of nitrogens with one attached hydrogen (secondary N) is 2. The highest BCUT2D eigenvalue weighted by atomic mass is 16.4. The second kappa shape index (κ2) is 5.35. The molecular formula is C13H15N3O2. The predicted octanol–water partition coefficient (Wildman–Crippen LogP) is 2.75. The van der Waals surface area contributed by atoms with Crippen LogP contribution in [-0.2, 0) is 0 Å². The average Bonchev–Trinajstić information content (AvgIpc) is 2.78. The maximum atomic E-state index is 11.8. The summed E-state index contributed by atoms with van der Waals surface area (Å²) in [6, 6.07) is 9.75. The van der Waals surface area contributed by atoms with E-state index in [1.807, 2.05) is 44.2 Å². The normalized spacial score (nSPS) is 10.4. The third-order valence-electron chi connectivity index (χ3n) is 2.17. The first-order chi connectivity index (χ1) is 8.65. The molecule has 0 unspecified atom stereocenters. The van der Waals surface area contributed by atoms with Gasteiger partial charge in [0.05, 0.1) is 6.20 Å². The Bertz CT molecular complexity index is 520. The van der Waals surface area contributed by atoms with Crippen molar-refractivity contribution >= 4 is 17.6 Å². The van der Waals surface area contributed by atoms with Gasteiger partial charge in [0, 0.05) is 11.7 Å². The molecule has 0 saturated heterocycles. The number of para-hydroxylation sites is 1. The Morgan fingerprint density at radius 3 is 2.67 bits per heavy atom. The fraction of sp³-hybridized carbons (Fsp3) is 0.231. The lowest BCUT2D eigenvalue weighted by molar-refractivity contribution is 0.0997. The fourth-order valence-electron chi connectivity index (χ4n) is 1.41. The quantitative estimate of drug-likeness (QED) is 0.869. The van der Waals surface area contributed by atoms with Gasteiger partial charge in [-0.05, 0) is 26.0 Å². The Kier molecular flexibility index (Phi) is 3.62. The Balaban J connectivity index is 2.03. The van der Waals surface area contributed by atoms with Crippen molar-refractivity contribution in [3.05, 3.63) is 42.3 Å². The van der Waals surface area contributed by atoms with Crippen molar-refractivity contribution in [3.8, 4) is 0 Å². The van der Waals surface area contributed by atoms with E-state index in [-0.39, 0.29) is 17.7 Å². The zero-order valence-electron chi connectivity index (χ0n) is 10.3. The van der Waals surface area contributed by atoms with E-state index < -0.39 is 0 Å². The molecule has 1 amide bonds. The SMILES string of the molecule is CC(C)Nc1ncc(C(=O)Nc2ccccc2)o1. The van der Waals surface area contributed by atoms with E-state index in [1.54, 1.807) is 0 Å². The molecule has 2 aromatic rings. The number of amides is 1. The number of nitrogens with zero attached hydrogens (tertiary/aromatic N) is 1. The molecule has 5 heteroatoms. The lowest BCUT2D eigenvalue weighted by Gasteiger charge is -2.04. The number of oxazole rings is 1. The Morgan fingerprint density at radius 2 is 2.00 bits per heavy atom. The van der Waals surface area contributed by atoms with Crippen LogP contribution in [0.25, 0.3) is 0 Å². The molecule has 1 heterocycles. The van der Waals surface area contributed by atoms with Gasteiger partial charge in [-0.2, -0.15) is 0 Å². The zero-order chi connectivity index (χ0) is 13.0. The van der Waals surface area contributed by atoms with E-state index in [9.17, 15) is 4.79 Å². The number of carbonyl (C=O) groups is 1. The molecule has 2 N–H and O–H groups in total. The number of rotatable bonds is 4. The predicted molar refractivity (Wildman–Crippen MR) is 69.7 cm³/mol. The minimum absolute atomic E-state index is 0.182. The molecule has 1 aromatic heterocycles. The van der Waals surface area contributed by atoms with Gasteiger partial charge in [-0.25, -0.2) is 4.98 Å². The highest BCUT2D eigenvalue weighted by molar-refractivity contribution is 6.02. The van der Waals surface area contributed by atoms with Crippen LogP contribution in [0.2, 0.25) is 0 Å². The number of benzene rings is 1. The van der Waals surface area contributed by atoms with E-state index in [4.69, 9.17) is 4.42 Å². The highest BCUT2D eigenvalue weighted by Crippen LogP contribution is 2.12. The Labute approximate surface area is 105 Å². The molecule has 0 saturated carbocycles. The molecule has 18 heavy (non-hydrogen) atoms. The van der Waals surface area contributed by atoms with Crippen LogP contribution < -0.4 is 10.6 Å². The van der Waals surface area contributed by atoms with Crippen LogP contribution in [0.1, 0.15) is 24.4 Å². The van der Waals surface area contributed by atoms with Crippen LogP contribution in [0, 0.1) is 0 Å². The summed E-state index contributed by atoms with van der Waals surface area (Å²) in [7, 11) is 0. The molecular weight excluding hydrogens is 230 g/mol. The van der Waals surface area contributed by atoms with Crippen molar-refractivity contribution in [3.63, 3.8) is 0 Å². The van der Waals surface area contributed by atoms with Gasteiger partial charge in [0.15, 0.2) is 0 Å². The monoisotopic (exact) mass is 245 g/mol. The van der Waals surface area contributed by atoms with Crippen molar-refractivity contribution in [1.29, 1.82) is 0 Å². The van der Waals surface area contributed by atoms with Crippen molar-refractivity contribution in [2.24, 2.45) is 0 Å². The summed E-state index contributed by atoms with van der Waals surface area (Å²) in [5.74, 6) is -0.132. The van der Waals surface area contributed by atoms with E-state index in [0.29, 0.717) is 6.01 Å². The standard InChI is InChI=1S/C13H15N3O2/c1-9(2)15-13-14-8-11(18-13)12(17)16-10-6-4-3-5-7-10/h3-9H,1-2H3,(H,14,15)(H,16,17). The molecule has 1 aromatic carbocycles. The Hall–Kier alpha value is -2.30. The molecule has 0 aliphatic heterocycles. The Morgan fingerprint density at radius 1 is 1.28 bits per heavy atom. The maximum Gasteiger partial charge on any atom is 0.295 e. The van der Waals surface area contributed by atoms with E-state index in [2.05, 4.69) is 15.6 Å². The van der Waals surface area contributed by atoms with Crippen LogP contribution >= 0.6 is 0 Å². The summed E-state index contributed by atoms with van der Waals surface area (Å²) < 4.78 is 5.29. The minimum Gasteiger partial charge on any atom is -0.418 e. The molecule has 0 atom stereocenters. The second-order valence-corrected chi connectivity index (χ2v) is 4.15. The molecule has 0 fully saturated rings. The zero-order valence-corrected chi connectivity index (χ0v) is 10.3. The van der Waals surface area contributed by atoms with Crippen molar-refractivity contribution in [1.82, 2.24) is 4.98 Å². The minimum atomic E-state index is -0.314. The van der Waals surface area contributed by atoms with Gasteiger partial charge in [0.2, 0.25) is 5.76 Å². The molecule has 2 rings (SSSR count). The molecule has 0 aliphatic rings. The first-order valence-electron chi connectivity index (χ1n) is 5.74. The van der Waals surface area contributed by atoms with E-state index in [1.165, 1.54) is 6.20 Å². The average molecular weight is 245 g/mol. The van der Waals surface area contributed by atoms with E-state index in [0.717, 1.165) is 5.69 Å². The maximum absolute atomic E-state index is 11.8. The van der Waals surface area contributed by atoms with Crippen molar-refractivity contribution in [2.75, 3.05) is 10.6 Å². The third kappa shape index (κ3) is 3.10. The summed E-state index contributed by atoms with van der Waals surface area (Å²) in [5.41, 5.74) is 0.720. The summed E-state index contributed by atoms with van der Waals surface area (Å²) in [5, 5.41) is 5.71. The van der Waals surface area contributed by atoms with Gasteiger partial charge in [0.1, 0.15) is 0 Å². The number of anilines is 2. The molecule has 94 valence electrons. The van der Waals surface area contributed by atoms with Crippen LogP contribution in [-0.4, -0.2) is 16.9 Å². The number of hydrogen-bond donors (Lipinski definition) is 2. The summed E-state index contributed by atoms with van der Waals surface area (Å²) in [4.78, 5) is 15.8. The summed E-state index contributed by atoms with van der Waals surface area (Å²) in [6.45, 7) is 3.93. The molecule has 0 radical (unpaired) electrons. The van der Waals surface area contributed by atoms with Gasteiger partial charge in [-0.3, -0.25) is 4.79 Å². The fourth-order valence-corrected chi connectivity index (χ4v) is 1.41. The van der Waals surface area contributed by atoms with Crippen LogP contribution in [0.4, 0.5) is 11.7 Å². The van der Waals surface area contributed by atoms with Gasteiger partial charge in [-0.1, -0.05) is 18.2 Å². The summed E-state index contributed by atoms with van der Waals surface area (Å²) in [6.07, 6.45) is 1.41. The number of aromatic nitrogens is 1. The number of hydrogen-bond acceptors (Lipinski definition) is 4. The lowest BCUT2D eigenvalue weighted by Crippen LogP contribution is -2.11. The molecule has 5 nitrogen and oxygen atoms in total.